The van der Waals surface area contributed by atoms with Crippen LogP contribution in [0.2, 0.25) is 0 Å². The molecule has 7 nitrogen and oxygen atoms in total. The lowest BCUT2D eigenvalue weighted by atomic mass is 10.2. The summed E-state index contributed by atoms with van der Waals surface area (Å²) >= 11 is 0. The number of benzene rings is 2. The lowest BCUT2D eigenvalue weighted by molar-refractivity contribution is 0.262. The summed E-state index contributed by atoms with van der Waals surface area (Å²) in [6, 6.07) is 18.8. The zero-order chi connectivity index (χ0) is 21.2. The van der Waals surface area contributed by atoms with Crippen molar-refractivity contribution < 1.29 is 9.53 Å². The maximum Gasteiger partial charge on any atom is 0.323 e. The van der Waals surface area contributed by atoms with Gasteiger partial charge < -0.3 is 24.9 Å². The second-order valence-electron chi connectivity index (χ2n) is 7.21. The first-order chi connectivity index (χ1) is 15.2. The van der Waals surface area contributed by atoms with Crippen molar-refractivity contribution in [2.75, 3.05) is 17.7 Å². The van der Waals surface area contributed by atoms with Crippen molar-refractivity contribution in [2.45, 2.75) is 6.54 Å². The van der Waals surface area contributed by atoms with Crippen LogP contribution in [0.25, 0.3) is 21.9 Å². The lowest BCUT2D eigenvalue weighted by Crippen LogP contribution is -2.19. The van der Waals surface area contributed by atoms with Gasteiger partial charge in [-0.2, -0.15) is 0 Å². The molecule has 5 rings (SSSR count). The van der Waals surface area contributed by atoms with Gasteiger partial charge in [0.2, 0.25) is 0 Å². The van der Waals surface area contributed by atoms with Crippen LogP contribution in [0.5, 0.6) is 5.75 Å². The number of aromatic nitrogens is 3. The predicted octanol–water partition coefficient (Wildman–Crippen LogP) is 5.64. The van der Waals surface area contributed by atoms with Crippen molar-refractivity contribution in [2.24, 2.45) is 0 Å². The molecule has 0 saturated carbocycles. The quantitative estimate of drug-likeness (QED) is 0.326. The van der Waals surface area contributed by atoms with E-state index in [1.54, 1.807) is 19.4 Å². The van der Waals surface area contributed by atoms with Crippen LogP contribution in [0.15, 0.2) is 79.3 Å². The molecule has 3 aromatic heterocycles. The molecule has 0 spiro atoms. The molecule has 0 unspecified atom stereocenters. The molecule has 3 heterocycles. The molecule has 2 aromatic carbocycles. The number of hydrogen-bond donors (Lipinski definition) is 3. The van der Waals surface area contributed by atoms with Gasteiger partial charge in [-0.3, -0.25) is 0 Å². The Kier molecular flexibility index (Phi) is 6.00. The highest BCUT2D eigenvalue weighted by atomic mass is 35.5. The van der Waals surface area contributed by atoms with E-state index in [2.05, 4.69) is 31.2 Å². The Balaban J connectivity index is 0.00000245. The molecule has 0 fully saturated rings. The number of carbonyl (C=O) groups is 1. The van der Waals surface area contributed by atoms with Crippen LogP contribution < -0.4 is 15.4 Å². The number of rotatable bonds is 5. The normalized spacial score (nSPS) is 10.7. The average Bonchev–Trinajstić information content (AvgIpc) is 3.39. The predicted molar refractivity (Wildman–Crippen MR) is 130 cm³/mol. The summed E-state index contributed by atoms with van der Waals surface area (Å²) in [4.78, 5) is 20.1. The number of fused-ring (bicyclic) bond motifs is 2. The fourth-order valence-corrected chi connectivity index (χ4v) is 3.78. The summed E-state index contributed by atoms with van der Waals surface area (Å²) in [5, 5.41) is 7.88. The molecular formula is C24H22ClN5O2. The Morgan fingerprint density at radius 1 is 1.06 bits per heavy atom. The smallest absolute Gasteiger partial charge is 0.323 e. The minimum atomic E-state index is -0.309. The zero-order valence-corrected chi connectivity index (χ0v) is 18.1. The summed E-state index contributed by atoms with van der Waals surface area (Å²) in [5.41, 5.74) is 4.49. The molecule has 0 atom stereocenters. The van der Waals surface area contributed by atoms with Crippen LogP contribution in [0.3, 0.4) is 0 Å². The second-order valence-corrected chi connectivity index (χ2v) is 7.21. The highest BCUT2D eigenvalue weighted by Gasteiger charge is 2.11. The summed E-state index contributed by atoms with van der Waals surface area (Å²) in [6.45, 7) is 0.703. The molecule has 8 heteroatoms. The molecule has 5 aromatic rings. The Bertz CT molecular complexity index is 1390. The Morgan fingerprint density at radius 3 is 2.81 bits per heavy atom. The van der Waals surface area contributed by atoms with Crippen molar-refractivity contribution in [3.8, 4) is 5.75 Å². The first kappa shape index (κ1) is 21.3. The van der Waals surface area contributed by atoms with E-state index in [0.29, 0.717) is 18.0 Å². The molecule has 0 bridgehead atoms. The number of urea groups is 1. The maximum atomic E-state index is 12.6. The number of aromatic amines is 1. The van der Waals surface area contributed by atoms with Crippen molar-refractivity contribution in [3.05, 3.63) is 84.8 Å². The number of methoxy groups -OCH3 is 1. The topological polar surface area (TPSA) is 84.0 Å². The van der Waals surface area contributed by atoms with Gasteiger partial charge >= 0.3 is 6.03 Å². The SMILES string of the molecule is COc1cccc(NC(=O)Nc2cccc3c2ccn3Cc2c[nH]c3ncccc23)c1.Cl. The molecule has 0 aliphatic carbocycles. The van der Waals surface area contributed by atoms with E-state index in [0.717, 1.165) is 33.2 Å². The van der Waals surface area contributed by atoms with Crippen LogP contribution in [0.1, 0.15) is 5.56 Å². The summed E-state index contributed by atoms with van der Waals surface area (Å²) < 4.78 is 7.37. The molecule has 3 N–H and O–H groups in total. The first-order valence-electron chi connectivity index (χ1n) is 9.92. The number of halogens is 1. The number of nitrogens with one attached hydrogen (secondary N) is 3. The van der Waals surface area contributed by atoms with Gasteiger partial charge in [-0.05, 0) is 48.0 Å². The third-order valence-electron chi connectivity index (χ3n) is 5.27. The van der Waals surface area contributed by atoms with E-state index in [4.69, 9.17) is 4.74 Å². The number of amides is 2. The van der Waals surface area contributed by atoms with E-state index in [-0.39, 0.29) is 18.4 Å². The molecule has 0 aliphatic heterocycles. The fraction of sp³-hybridized carbons (Fsp3) is 0.0833. The fourth-order valence-electron chi connectivity index (χ4n) is 3.78. The van der Waals surface area contributed by atoms with Gasteiger partial charge in [-0.15, -0.1) is 12.4 Å². The first-order valence-corrected chi connectivity index (χ1v) is 9.92. The Labute approximate surface area is 190 Å². The van der Waals surface area contributed by atoms with Crippen molar-refractivity contribution in [3.63, 3.8) is 0 Å². The lowest BCUT2D eigenvalue weighted by Gasteiger charge is -2.10. The third-order valence-corrected chi connectivity index (χ3v) is 5.27. The zero-order valence-electron chi connectivity index (χ0n) is 17.3. The number of anilines is 2. The number of H-pyrrole nitrogens is 1. The Hall–Kier alpha value is -3.97. The maximum absolute atomic E-state index is 12.6. The molecule has 0 aliphatic rings. The average molecular weight is 448 g/mol. The van der Waals surface area contributed by atoms with E-state index in [1.807, 2.05) is 60.9 Å². The highest BCUT2D eigenvalue weighted by Crippen LogP contribution is 2.27. The highest BCUT2D eigenvalue weighted by molar-refractivity contribution is 6.05. The number of carbonyl (C=O) groups excluding carboxylic acids is 1. The number of ether oxygens (including phenoxy) is 1. The third kappa shape index (κ3) is 4.10. The van der Waals surface area contributed by atoms with Gasteiger partial charge in [0, 0.05) is 47.7 Å². The van der Waals surface area contributed by atoms with Gasteiger partial charge in [0.05, 0.1) is 18.3 Å². The Morgan fingerprint density at radius 2 is 1.94 bits per heavy atom. The monoisotopic (exact) mass is 447 g/mol. The largest absolute Gasteiger partial charge is 0.497 e. The summed E-state index contributed by atoms with van der Waals surface area (Å²) in [7, 11) is 1.59. The molecular weight excluding hydrogens is 426 g/mol. The van der Waals surface area contributed by atoms with Gasteiger partial charge in [0.15, 0.2) is 0 Å². The van der Waals surface area contributed by atoms with E-state index in [1.165, 1.54) is 0 Å². The minimum absolute atomic E-state index is 0. The second kappa shape index (κ2) is 9.03. The number of pyridine rings is 1. The van der Waals surface area contributed by atoms with E-state index < -0.39 is 0 Å². The van der Waals surface area contributed by atoms with E-state index >= 15 is 0 Å². The van der Waals surface area contributed by atoms with Gasteiger partial charge in [0.1, 0.15) is 11.4 Å². The van der Waals surface area contributed by atoms with Gasteiger partial charge in [-0.1, -0.05) is 12.1 Å². The number of nitrogens with zero attached hydrogens (tertiary/aromatic N) is 2. The molecule has 2 amide bonds. The van der Waals surface area contributed by atoms with Crippen molar-refractivity contribution in [1.82, 2.24) is 14.5 Å². The van der Waals surface area contributed by atoms with Crippen LogP contribution in [-0.2, 0) is 6.54 Å². The summed E-state index contributed by atoms with van der Waals surface area (Å²) in [6.07, 6.45) is 5.81. The minimum Gasteiger partial charge on any atom is -0.497 e. The standard InChI is InChI=1S/C24H21N5O2.ClH/c1-31-18-6-2-5-17(13-18)27-24(30)28-21-8-3-9-22-20(21)10-12-29(22)15-16-14-26-23-19(16)7-4-11-25-23;/h2-14H,15H2,1H3,(H,25,26)(H2,27,28,30);1H. The molecule has 0 radical (unpaired) electrons. The van der Waals surface area contributed by atoms with Crippen LogP contribution in [-0.4, -0.2) is 27.7 Å². The van der Waals surface area contributed by atoms with Gasteiger partial charge in [0.25, 0.3) is 0 Å². The van der Waals surface area contributed by atoms with Crippen LogP contribution in [0, 0.1) is 0 Å². The summed E-state index contributed by atoms with van der Waals surface area (Å²) in [5.74, 6) is 0.685. The van der Waals surface area contributed by atoms with Gasteiger partial charge in [-0.25, -0.2) is 9.78 Å². The molecule has 32 heavy (non-hydrogen) atoms. The van der Waals surface area contributed by atoms with Crippen LogP contribution >= 0.6 is 12.4 Å². The van der Waals surface area contributed by atoms with Crippen molar-refractivity contribution >= 4 is 51.7 Å². The van der Waals surface area contributed by atoms with Crippen molar-refractivity contribution in [1.29, 1.82) is 0 Å². The number of hydrogen-bond acceptors (Lipinski definition) is 3. The molecule has 162 valence electrons. The van der Waals surface area contributed by atoms with Crippen LogP contribution in [0.4, 0.5) is 16.2 Å². The molecule has 0 saturated heterocycles. The van der Waals surface area contributed by atoms with E-state index in [9.17, 15) is 4.79 Å².